The third kappa shape index (κ3) is 1.96. The molecule has 20 heavy (non-hydrogen) atoms. The summed E-state index contributed by atoms with van der Waals surface area (Å²) in [6, 6.07) is 15.2. The van der Waals surface area contributed by atoms with Gasteiger partial charge in [-0.1, -0.05) is 37.6 Å². The van der Waals surface area contributed by atoms with E-state index in [-0.39, 0.29) is 5.41 Å². The first-order chi connectivity index (χ1) is 9.63. The monoisotopic (exact) mass is 268 g/mol. The maximum Gasteiger partial charge on any atom is 0.115 e. The fourth-order valence-corrected chi connectivity index (χ4v) is 3.72. The second-order valence-electron chi connectivity index (χ2n) is 5.86. The maximum atomic E-state index is 9.52. The highest BCUT2D eigenvalue weighted by molar-refractivity contribution is 5.44. The Morgan fingerprint density at radius 2 is 1.30 bits per heavy atom. The lowest BCUT2D eigenvalue weighted by Crippen LogP contribution is -2.30. The first-order valence-corrected chi connectivity index (χ1v) is 7.22. The van der Waals surface area contributed by atoms with Crippen molar-refractivity contribution in [2.75, 3.05) is 0 Å². The molecule has 2 N–H and O–H groups in total. The molecule has 0 amide bonds. The first kappa shape index (κ1) is 13.0. The Bertz CT molecular complexity index is 538. The van der Waals surface area contributed by atoms with Gasteiger partial charge < -0.3 is 10.2 Å². The van der Waals surface area contributed by atoms with Crippen molar-refractivity contribution in [1.29, 1.82) is 0 Å². The van der Waals surface area contributed by atoms with Crippen molar-refractivity contribution in [2.24, 2.45) is 5.92 Å². The number of phenols is 2. The summed E-state index contributed by atoms with van der Waals surface area (Å²) in [6.45, 7) is 2.30. The van der Waals surface area contributed by atoms with Gasteiger partial charge in [0, 0.05) is 5.41 Å². The second kappa shape index (κ2) is 4.86. The molecule has 0 saturated heterocycles. The minimum Gasteiger partial charge on any atom is -0.508 e. The van der Waals surface area contributed by atoms with E-state index in [4.69, 9.17) is 0 Å². The van der Waals surface area contributed by atoms with E-state index in [0.717, 1.165) is 6.42 Å². The van der Waals surface area contributed by atoms with Crippen LogP contribution in [0.25, 0.3) is 0 Å². The molecule has 1 saturated carbocycles. The van der Waals surface area contributed by atoms with Crippen LogP contribution < -0.4 is 0 Å². The van der Waals surface area contributed by atoms with Crippen LogP contribution in [0.3, 0.4) is 0 Å². The minimum atomic E-state index is 0.00139. The third-order valence-electron chi connectivity index (χ3n) is 4.81. The molecule has 1 aliphatic rings. The van der Waals surface area contributed by atoms with Gasteiger partial charge in [-0.3, -0.25) is 0 Å². The molecule has 0 spiro atoms. The fourth-order valence-electron chi connectivity index (χ4n) is 3.72. The van der Waals surface area contributed by atoms with Gasteiger partial charge in [-0.05, 0) is 54.2 Å². The van der Waals surface area contributed by atoms with E-state index in [0.29, 0.717) is 17.4 Å². The SMILES string of the molecule is CC1CCCC1(c1ccc(O)cc1)c1ccc(O)cc1. The van der Waals surface area contributed by atoms with E-state index in [9.17, 15) is 10.2 Å². The van der Waals surface area contributed by atoms with Crippen LogP contribution in [-0.2, 0) is 5.41 Å². The van der Waals surface area contributed by atoms with Crippen molar-refractivity contribution >= 4 is 0 Å². The van der Waals surface area contributed by atoms with E-state index >= 15 is 0 Å². The molecule has 2 heteroatoms. The number of aromatic hydroxyl groups is 2. The van der Waals surface area contributed by atoms with Gasteiger partial charge in [0.05, 0.1) is 0 Å². The molecule has 3 rings (SSSR count). The van der Waals surface area contributed by atoms with Gasteiger partial charge in [0.25, 0.3) is 0 Å². The smallest absolute Gasteiger partial charge is 0.115 e. The van der Waals surface area contributed by atoms with Crippen LogP contribution in [0, 0.1) is 5.92 Å². The molecule has 1 unspecified atom stereocenters. The van der Waals surface area contributed by atoms with Gasteiger partial charge in [-0.25, -0.2) is 0 Å². The van der Waals surface area contributed by atoms with E-state index in [1.165, 1.54) is 24.0 Å². The van der Waals surface area contributed by atoms with Crippen molar-refractivity contribution in [3.63, 3.8) is 0 Å². The molecule has 1 aliphatic carbocycles. The summed E-state index contributed by atoms with van der Waals surface area (Å²) in [5.41, 5.74) is 2.51. The summed E-state index contributed by atoms with van der Waals surface area (Å²) in [6.07, 6.45) is 3.54. The van der Waals surface area contributed by atoms with Crippen molar-refractivity contribution in [3.8, 4) is 11.5 Å². The zero-order valence-corrected chi connectivity index (χ0v) is 11.7. The standard InChI is InChI=1S/C18H20O2/c1-13-3-2-12-18(13,14-4-8-16(19)9-5-14)15-6-10-17(20)11-7-15/h4-11,13,19-20H,2-3,12H2,1H3. The van der Waals surface area contributed by atoms with E-state index in [1.807, 2.05) is 24.3 Å². The van der Waals surface area contributed by atoms with Gasteiger partial charge in [-0.15, -0.1) is 0 Å². The van der Waals surface area contributed by atoms with Gasteiger partial charge in [-0.2, -0.15) is 0 Å². The first-order valence-electron chi connectivity index (χ1n) is 7.22. The van der Waals surface area contributed by atoms with Crippen LogP contribution >= 0.6 is 0 Å². The Morgan fingerprint density at radius 3 is 1.65 bits per heavy atom. The largest absolute Gasteiger partial charge is 0.508 e. The zero-order valence-electron chi connectivity index (χ0n) is 11.7. The maximum absolute atomic E-state index is 9.52. The molecule has 1 atom stereocenters. The summed E-state index contributed by atoms with van der Waals surface area (Å²) in [4.78, 5) is 0. The Balaban J connectivity index is 2.14. The lowest BCUT2D eigenvalue weighted by molar-refractivity contribution is 0.402. The van der Waals surface area contributed by atoms with Crippen molar-refractivity contribution in [3.05, 3.63) is 59.7 Å². The Hall–Kier alpha value is -1.96. The van der Waals surface area contributed by atoms with Crippen LogP contribution in [0.2, 0.25) is 0 Å². The van der Waals surface area contributed by atoms with Crippen LogP contribution in [0.5, 0.6) is 11.5 Å². The number of rotatable bonds is 2. The lowest BCUT2D eigenvalue weighted by Gasteiger charge is -2.35. The molecule has 2 aromatic carbocycles. The summed E-state index contributed by atoms with van der Waals surface area (Å²) in [7, 11) is 0. The van der Waals surface area contributed by atoms with Gasteiger partial charge in [0.2, 0.25) is 0 Å². The van der Waals surface area contributed by atoms with Crippen molar-refractivity contribution in [2.45, 2.75) is 31.6 Å². The summed E-state index contributed by atoms with van der Waals surface area (Å²) >= 11 is 0. The molecular formula is C18H20O2. The van der Waals surface area contributed by atoms with Gasteiger partial charge >= 0.3 is 0 Å². The van der Waals surface area contributed by atoms with Crippen LogP contribution in [0.15, 0.2) is 48.5 Å². The molecule has 0 bridgehead atoms. The predicted octanol–water partition coefficient (Wildman–Crippen LogP) is 4.20. The molecule has 0 heterocycles. The van der Waals surface area contributed by atoms with Gasteiger partial charge in [0.15, 0.2) is 0 Å². The van der Waals surface area contributed by atoms with E-state index < -0.39 is 0 Å². The average molecular weight is 268 g/mol. The Morgan fingerprint density at radius 1 is 0.850 bits per heavy atom. The predicted molar refractivity (Wildman–Crippen MR) is 80.0 cm³/mol. The second-order valence-corrected chi connectivity index (χ2v) is 5.86. The topological polar surface area (TPSA) is 40.5 Å². The van der Waals surface area contributed by atoms with E-state index in [1.54, 1.807) is 24.3 Å². The number of phenolic OH excluding ortho intramolecular Hbond substituents is 2. The van der Waals surface area contributed by atoms with Crippen LogP contribution in [0.1, 0.15) is 37.3 Å². The Kier molecular flexibility index (Phi) is 3.17. The normalized spacial score (nSPS) is 20.9. The molecule has 0 aromatic heterocycles. The number of hydrogen-bond donors (Lipinski definition) is 2. The number of benzene rings is 2. The number of hydrogen-bond acceptors (Lipinski definition) is 2. The lowest BCUT2D eigenvalue weighted by atomic mass is 9.68. The van der Waals surface area contributed by atoms with Crippen LogP contribution in [0.4, 0.5) is 0 Å². The molecule has 1 fully saturated rings. The highest BCUT2D eigenvalue weighted by atomic mass is 16.3. The summed E-state index contributed by atoms with van der Waals surface area (Å²) < 4.78 is 0. The molecule has 0 radical (unpaired) electrons. The quantitative estimate of drug-likeness (QED) is 0.856. The Labute approximate surface area is 119 Å². The molecular weight excluding hydrogens is 248 g/mol. The summed E-state index contributed by atoms with van der Waals surface area (Å²) in [5.74, 6) is 1.16. The minimum absolute atomic E-state index is 0.00139. The van der Waals surface area contributed by atoms with Crippen molar-refractivity contribution < 1.29 is 10.2 Å². The van der Waals surface area contributed by atoms with Gasteiger partial charge in [0.1, 0.15) is 11.5 Å². The molecule has 2 aromatic rings. The highest BCUT2D eigenvalue weighted by Crippen LogP contribution is 2.50. The third-order valence-corrected chi connectivity index (χ3v) is 4.81. The summed E-state index contributed by atoms with van der Waals surface area (Å²) in [5, 5.41) is 19.0. The highest BCUT2D eigenvalue weighted by Gasteiger charge is 2.43. The van der Waals surface area contributed by atoms with E-state index in [2.05, 4.69) is 6.92 Å². The van der Waals surface area contributed by atoms with Crippen LogP contribution in [-0.4, -0.2) is 10.2 Å². The van der Waals surface area contributed by atoms with Crippen molar-refractivity contribution in [1.82, 2.24) is 0 Å². The molecule has 2 nitrogen and oxygen atoms in total. The zero-order chi connectivity index (χ0) is 14.2. The molecule has 0 aliphatic heterocycles. The average Bonchev–Trinajstić information content (AvgIpc) is 2.83. The fraction of sp³-hybridized carbons (Fsp3) is 0.333. The molecule has 104 valence electrons.